The zero-order chi connectivity index (χ0) is 20.3. The molecule has 5 nitrogen and oxygen atoms in total. The molecule has 0 radical (unpaired) electrons. The SMILES string of the molecule is CC(=O)c1sc(NC(=O)C(C)(C)Oc2ccc(Cl)cc2)nc1-c1ccccc1. The topological polar surface area (TPSA) is 68.3 Å². The van der Waals surface area contributed by atoms with Gasteiger partial charge in [-0.05, 0) is 38.1 Å². The Morgan fingerprint density at radius 3 is 2.32 bits per heavy atom. The molecule has 0 saturated heterocycles. The number of halogens is 1. The number of carbonyl (C=O) groups excluding carboxylic acids is 2. The monoisotopic (exact) mass is 414 g/mol. The lowest BCUT2D eigenvalue weighted by Gasteiger charge is -2.24. The number of Topliss-reactive ketones (excluding diaryl/α,β-unsaturated/α-hetero) is 1. The number of thiazole rings is 1. The van der Waals surface area contributed by atoms with Crippen LogP contribution < -0.4 is 10.1 Å². The zero-order valence-corrected chi connectivity index (χ0v) is 17.2. The summed E-state index contributed by atoms with van der Waals surface area (Å²) in [5.41, 5.74) is 0.231. The fraction of sp³-hybridized carbons (Fsp3) is 0.190. The number of carbonyl (C=O) groups is 2. The normalized spacial score (nSPS) is 11.1. The number of amides is 1. The highest BCUT2D eigenvalue weighted by atomic mass is 35.5. The van der Waals surface area contributed by atoms with Gasteiger partial charge in [0, 0.05) is 17.5 Å². The average molecular weight is 415 g/mol. The van der Waals surface area contributed by atoms with E-state index in [1.54, 1.807) is 38.1 Å². The fourth-order valence-electron chi connectivity index (χ4n) is 2.50. The predicted octanol–water partition coefficient (Wildman–Crippen LogP) is 5.46. The summed E-state index contributed by atoms with van der Waals surface area (Å²) in [6, 6.07) is 16.2. The molecule has 0 aliphatic heterocycles. The molecule has 0 atom stereocenters. The molecule has 1 heterocycles. The Morgan fingerprint density at radius 1 is 1.07 bits per heavy atom. The molecule has 0 unspecified atom stereocenters. The molecule has 0 saturated carbocycles. The number of aromatic nitrogens is 1. The number of anilines is 1. The predicted molar refractivity (Wildman–Crippen MR) is 112 cm³/mol. The summed E-state index contributed by atoms with van der Waals surface area (Å²) in [5.74, 6) is 0.0533. The lowest BCUT2D eigenvalue weighted by molar-refractivity contribution is -0.128. The Balaban J connectivity index is 1.81. The van der Waals surface area contributed by atoms with Crippen LogP contribution in [0.4, 0.5) is 5.13 Å². The molecule has 7 heteroatoms. The molecule has 28 heavy (non-hydrogen) atoms. The molecule has 0 aliphatic rings. The van der Waals surface area contributed by atoms with E-state index in [-0.39, 0.29) is 11.7 Å². The van der Waals surface area contributed by atoms with Crippen LogP contribution in [0.25, 0.3) is 11.3 Å². The Bertz CT molecular complexity index is 998. The van der Waals surface area contributed by atoms with Crippen molar-refractivity contribution in [2.45, 2.75) is 26.4 Å². The van der Waals surface area contributed by atoms with E-state index in [4.69, 9.17) is 16.3 Å². The molecular weight excluding hydrogens is 396 g/mol. The van der Waals surface area contributed by atoms with E-state index >= 15 is 0 Å². The number of nitrogens with one attached hydrogen (secondary N) is 1. The molecule has 3 aromatic rings. The van der Waals surface area contributed by atoms with E-state index in [1.807, 2.05) is 30.3 Å². The Labute approximate surface area is 172 Å². The van der Waals surface area contributed by atoms with Gasteiger partial charge in [0.1, 0.15) is 5.75 Å². The first-order valence-corrected chi connectivity index (χ1v) is 9.79. The molecule has 144 valence electrons. The van der Waals surface area contributed by atoms with Crippen LogP contribution in [0.5, 0.6) is 5.75 Å². The summed E-state index contributed by atoms with van der Waals surface area (Å²) >= 11 is 7.03. The molecular formula is C21H19ClN2O3S. The van der Waals surface area contributed by atoms with E-state index in [0.717, 1.165) is 16.9 Å². The molecule has 0 fully saturated rings. The number of hydrogen-bond acceptors (Lipinski definition) is 5. The molecule has 0 aliphatic carbocycles. The number of ketones is 1. The summed E-state index contributed by atoms with van der Waals surface area (Å²) in [6.45, 7) is 4.81. The zero-order valence-electron chi connectivity index (χ0n) is 15.7. The van der Waals surface area contributed by atoms with Crippen molar-refractivity contribution in [3.8, 4) is 17.0 Å². The van der Waals surface area contributed by atoms with Crippen LogP contribution in [0, 0.1) is 0 Å². The van der Waals surface area contributed by atoms with Crippen LogP contribution in [0.1, 0.15) is 30.4 Å². The number of benzene rings is 2. The van der Waals surface area contributed by atoms with Crippen molar-refractivity contribution < 1.29 is 14.3 Å². The summed E-state index contributed by atoms with van der Waals surface area (Å²) in [6.07, 6.45) is 0. The fourth-order valence-corrected chi connectivity index (χ4v) is 3.50. The maximum atomic E-state index is 12.8. The van der Waals surface area contributed by atoms with E-state index in [1.165, 1.54) is 6.92 Å². The van der Waals surface area contributed by atoms with Crippen LogP contribution in [0.15, 0.2) is 54.6 Å². The van der Waals surface area contributed by atoms with Gasteiger partial charge in [0.05, 0.1) is 10.6 Å². The van der Waals surface area contributed by atoms with Crippen LogP contribution in [0.3, 0.4) is 0 Å². The van der Waals surface area contributed by atoms with E-state index in [2.05, 4.69) is 10.3 Å². The summed E-state index contributed by atoms with van der Waals surface area (Å²) in [7, 11) is 0. The molecule has 0 bridgehead atoms. The van der Waals surface area contributed by atoms with Crippen molar-refractivity contribution in [3.05, 3.63) is 64.5 Å². The molecule has 0 spiro atoms. The van der Waals surface area contributed by atoms with Crippen molar-refractivity contribution >= 4 is 39.8 Å². The molecule has 1 N–H and O–H groups in total. The maximum absolute atomic E-state index is 12.8. The van der Waals surface area contributed by atoms with Gasteiger partial charge in [-0.15, -0.1) is 0 Å². The van der Waals surface area contributed by atoms with Gasteiger partial charge in [0.2, 0.25) is 0 Å². The third-order valence-corrected chi connectivity index (χ3v) is 5.27. The molecule has 2 aromatic carbocycles. The third-order valence-electron chi connectivity index (χ3n) is 3.95. The third kappa shape index (κ3) is 4.58. The maximum Gasteiger partial charge on any atom is 0.269 e. The van der Waals surface area contributed by atoms with E-state index < -0.39 is 5.60 Å². The number of hydrogen-bond donors (Lipinski definition) is 1. The standard InChI is InChI=1S/C21H19ClN2O3S/c1-13(25)18-17(14-7-5-4-6-8-14)23-20(28-18)24-19(26)21(2,3)27-16-11-9-15(22)10-12-16/h4-12H,1-3H3,(H,23,24,26). The summed E-state index contributed by atoms with van der Waals surface area (Å²) in [5, 5.41) is 3.70. The second-order valence-electron chi connectivity index (χ2n) is 6.64. The highest BCUT2D eigenvalue weighted by Crippen LogP contribution is 2.32. The van der Waals surface area contributed by atoms with Crippen LogP contribution >= 0.6 is 22.9 Å². The molecule has 1 aromatic heterocycles. The first-order valence-electron chi connectivity index (χ1n) is 8.59. The first-order chi connectivity index (χ1) is 13.3. The lowest BCUT2D eigenvalue weighted by atomic mass is 10.1. The van der Waals surface area contributed by atoms with Crippen molar-refractivity contribution in [1.82, 2.24) is 4.98 Å². The van der Waals surface area contributed by atoms with Crippen molar-refractivity contribution in [2.24, 2.45) is 0 Å². The van der Waals surface area contributed by atoms with Gasteiger partial charge in [0.15, 0.2) is 16.5 Å². The molecule has 1 amide bonds. The van der Waals surface area contributed by atoms with Gasteiger partial charge in [0.25, 0.3) is 5.91 Å². The first kappa shape index (κ1) is 20.0. The highest BCUT2D eigenvalue weighted by Gasteiger charge is 2.31. The van der Waals surface area contributed by atoms with Gasteiger partial charge < -0.3 is 4.74 Å². The van der Waals surface area contributed by atoms with E-state index in [9.17, 15) is 9.59 Å². The number of rotatable bonds is 6. The second-order valence-corrected chi connectivity index (χ2v) is 8.07. The van der Waals surface area contributed by atoms with Crippen molar-refractivity contribution in [2.75, 3.05) is 5.32 Å². The Morgan fingerprint density at radius 2 is 1.71 bits per heavy atom. The van der Waals surface area contributed by atoms with Gasteiger partial charge in [-0.2, -0.15) is 0 Å². The minimum atomic E-state index is -1.15. The quantitative estimate of drug-likeness (QED) is 0.543. The smallest absolute Gasteiger partial charge is 0.269 e. The largest absolute Gasteiger partial charge is 0.478 e. The van der Waals surface area contributed by atoms with Gasteiger partial charge >= 0.3 is 0 Å². The second kappa shape index (κ2) is 8.12. The Kier molecular flexibility index (Phi) is 5.82. The van der Waals surface area contributed by atoms with Crippen molar-refractivity contribution in [3.63, 3.8) is 0 Å². The van der Waals surface area contributed by atoms with Crippen LogP contribution in [-0.4, -0.2) is 22.3 Å². The minimum absolute atomic E-state index is 0.103. The van der Waals surface area contributed by atoms with Crippen LogP contribution in [0.2, 0.25) is 5.02 Å². The number of nitrogens with zero attached hydrogens (tertiary/aromatic N) is 1. The van der Waals surface area contributed by atoms with Gasteiger partial charge in [-0.1, -0.05) is 53.3 Å². The Hall–Kier alpha value is -2.70. The summed E-state index contributed by atoms with van der Waals surface area (Å²) in [4.78, 5) is 29.7. The lowest BCUT2D eigenvalue weighted by Crippen LogP contribution is -2.42. The van der Waals surface area contributed by atoms with E-state index in [0.29, 0.717) is 26.5 Å². The average Bonchev–Trinajstić information content (AvgIpc) is 3.08. The highest BCUT2D eigenvalue weighted by molar-refractivity contribution is 7.18. The number of ether oxygens (including phenoxy) is 1. The van der Waals surface area contributed by atoms with Crippen LogP contribution in [-0.2, 0) is 4.79 Å². The molecule has 3 rings (SSSR count). The van der Waals surface area contributed by atoms with Gasteiger partial charge in [-0.25, -0.2) is 4.98 Å². The van der Waals surface area contributed by atoms with Gasteiger partial charge in [-0.3, -0.25) is 14.9 Å². The minimum Gasteiger partial charge on any atom is -0.478 e. The van der Waals surface area contributed by atoms with Crippen molar-refractivity contribution in [1.29, 1.82) is 0 Å². The summed E-state index contributed by atoms with van der Waals surface area (Å²) < 4.78 is 5.80.